The number of anilines is 1. The fourth-order valence-corrected chi connectivity index (χ4v) is 5.78. The van der Waals surface area contributed by atoms with Crippen molar-refractivity contribution in [2.45, 2.75) is 64.3 Å². The van der Waals surface area contributed by atoms with Crippen molar-refractivity contribution in [2.75, 3.05) is 5.32 Å². The fraction of sp³-hybridized carbons (Fsp3) is 0.371. The molecule has 1 aromatic heterocycles. The molecule has 0 radical (unpaired) electrons. The summed E-state index contributed by atoms with van der Waals surface area (Å²) in [5.41, 5.74) is 6.18. The minimum Gasteiger partial charge on any atom is -0.382 e. The smallest absolute Gasteiger partial charge is 0.273 e. The molecule has 1 aliphatic heterocycles. The zero-order valence-electron chi connectivity index (χ0n) is 24.1. The summed E-state index contributed by atoms with van der Waals surface area (Å²) in [5, 5.41) is 3.76. The Labute approximate surface area is 241 Å². The van der Waals surface area contributed by atoms with E-state index in [2.05, 4.69) is 42.6 Å². The van der Waals surface area contributed by atoms with Gasteiger partial charge in [-0.1, -0.05) is 62.7 Å². The number of rotatable bonds is 10. The van der Waals surface area contributed by atoms with Crippen molar-refractivity contribution in [2.24, 2.45) is 23.9 Å². The number of allylic oxidation sites excluding steroid dienone is 3. The maximum atomic E-state index is 14.1. The third kappa shape index (κ3) is 6.42. The van der Waals surface area contributed by atoms with Crippen LogP contribution in [0.15, 0.2) is 88.8 Å². The van der Waals surface area contributed by atoms with E-state index in [-0.39, 0.29) is 29.5 Å². The van der Waals surface area contributed by atoms with Crippen LogP contribution in [0, 0.1) is 11.8 Å². The van der Waals surface area contributed by atoms with Gasteiger partial charge in [-0.3, -0.25) is 9.79 Å². The molecule has 2 aromatic carbocycles. The van der Waals surface area contributed by atoms with E-state index in [1.807, 2.05) is 36.7 Å². The van der Waals surface area contributed by atoms with Crippen molar-refractivity contribution in [3.8, 4) is 0 Å². The maximum Gasteiger partial charge on any atom is 0.273 e. The van der Waals surface area contributed by atoms with Crippen molar-refractivity contribution in [3.63, 3.8) is 0 Å². The normalized spacial score (nSPS) is 18.2. The number of aryl methyl sites for hydroxylation is 1. The molecule has 214 valence electrons. The van der Waals surface area contributed by atoms with Gasteiger partial charge < -0.3 is 9.88 Å². The minimum absolute atomic E-state index is 0.0510. The Hall–Kier alpha value is -3.80. The highest BCUT2D eigenvalue weighted by Crippen LogP contribution is 2.38. The largest absolute Gasteiger partial charge is 0.382 e. The first-order valence-electron chi connectivity index (χ1n) is 14.8. The molecular weight excluding hydrogens is 516 g/mol. The highest BCUT2D eigenvalue weighted by molar-refractivity contribution is 5.97. The Kier molecular flexibility index (Phi) is 8.67. The van der Waals surface area contributed by atoms with Crippen molar-refractivity contribution in [1.82, 2.24) is 4.57 Å². The lowest BCUT2D eigenvalue weighted by Gasteiger charge is -2.35. The van der Waals surface area contributed by atoms with Gasteiger partial charge in [-0.2, -0.15) is 0 Å². The Bertz CT molecular complexity index is 1500. The third-order valence-corrected chi connectivity index (χ3v) is 8.60. The van der Waals surface area contributed by atoms with Crippen LogP contribution in [0.1, 0.15) is 68.2 Å². The first kappa shape index (κ1) is 28.7. The molecule has 0 amide bonds. The molecule has 0 saturated heterocycles. The number of nitrogens with one attached hydrogen (secondary N) is 1. The molecule has 6 heteroatoms. The molecule has 3 aromatic rings. The predicted octanol–water partition coefficient (Wildman–Crippen LogP) is 8.25. The number of alkyl halides is 2. The van der Waals surface area contributed by atoms with Gasteiger partial charge in [0.1, 0.15) is 0 Å². The van der Waals surface area contributed by atoms with E-state index in [1.165, 1.54) is 26.2 Å². The first-order chi connectivity index (χ1) is 19.8. The monoisotopic (exact) mass is 555 g/mol. The molecular formula is C35H39F2N3O. The molecule has 4 nitrogen and oxygen atoms in total. The summed E-state index contributed by atoms with van der Waals surface area (Å²) in [7, 11) is 1.76. The molecule has 2 atom stereocenters. The van der Waals surface area contributed by atoms with Crippen LogP contribution in [0.2, 0.25) is 0 Å². The predicted molar refractivity (Wildman–Crippen MR) is 165 cm³/mol. The van der Waals surface area contributed by atoms with E-state index < -0.39 is 5.92 Å². The van der Waals surface area contributed by atoms with E-state index in [9.17, 15) is 13.6 Å². The lowest BCUT2D eigenvalue weighted by atomic mass is 9.77. The Balaban J connectivity index is 1.40. The second kappa shape index (κ2) is 12.4. The zero-order chi connectivity index (χ0) is 29.0. The number of aliphatic imine (C=N–C) groups is 1. The summed E-state index contributed by atoms with van der Waals surface area (Å²) >= 11 is 0. The van der Waals surface area contributed by atoms with E-state index in [0.29, 0.717) is 5.92 Å². The van der Waals surface area contributed by atoms with E-state index in [1.54, 1.807) is 29.8 Å². The zero-order valence-corrected chi connectivity index (χ0v) is 24.1. The summed E-state index contributed by atoms with van der Waals surface area (Å²) in [6.07, 6.45) is 13.0. The average Bonchev–Trinajstić information content (AvgIpc) is 3.17. The molecule has 2 aliphatic rings. The topological polar surface area (TPSA) is 46.4 Å². The summed E-state index contributed by atoms with van der Waals surface area (Å²) in [4.78, 5) is 16.8. The highest BCUT2D eigenvalue weighted by atomic mass is 19.3. The maximum absolute atomic E-state index is 14.1. The first-order valence-corrected chi connectivity index (χ1v) is 14.8. The molecule has 2 heterocycles. The summed E-state index contributed by atoms with van der Waals surface area (Å²) in [6.45, 7) is 3.69. The minimum atomic E-state index is -2.78. The van der Waals surface area contributed by atoms with E-state index in [4.69, 9.17) is 4.99 Å². The van der Waals surface area contributed by atoms with Crippen molar-refractivity contribution in [1.29, 1.82) is 0 Å². The van der Waals surface area contributed by atoms with Gasteiger partial charge in [0.2, 0.25) is 5.56 Å². The number of aromatic nitrogens is 1. The lowest BCUT2D eigenvalue weighted by Crippen LogP contribution is -2.35. The van der Waals surface area contributed by atoms with Crippen LogP contribution in [0.3, 0.4) is 0 Å². The van der Waals surface area contributed by atoms with Crippen LogP contribution in [-0.2, 0) is 19.4 Å². The molecule has 1 fully saturated rings. The molecule has 1 N–H and O–H groups in total. The second-order valence-electron chi connectivity index (χ2n) is 11.3. The molecule has 0 spiro atoms. The van der Waals surface area contributed by atoms with Gasteiger partial charge in [0.05, 0.1) is 5.70 Å². The quantitative estimate of drug-likeness (QED) is 0.274. The second-order valence-corrected chi connectivity index (χ2v) is 11.3. The van der Waals surface area contributed by atoms with Crippen LogP contribution in [0.25, 0.3) is 11.3 Å². The summed E-state index contributed by atoms with van der Waals surface area (Å²) in [6, 6.07) is 19.1. The van der Waals surface area contributed by atoms with Gasteiger partial charge in [0.25, 0.3) is 5.92 Å². The molecule has 41 heavy (non-hydrogen) atoms. The SMILES string of the molecule is CCC1C=CC=NC(c2ccc(=O)n(C)c2)=C1c1ccc(NC(Cc2ccc(C(F)(F)CC)cc2)C2CCC2)cc1. The van der Waals surface area contributed by atoms with Crippen LogP contribution < -0.4 is 10.9 Å². The van der Waals surface area contributed by atoms with Crippen LogP contribution in [0.4, 0.5) is 14.5 Å². The Morgan fingerprint density at radius 3 is 2.32 bits per heavy atom. The van der Waals surface area contributed by atoms with Crippen LogP contribution >= 0.6 is 0 Å². The van der Waals surface area contributed by atoms with Gasteiger partial charge >= 0.3 is 0 Å². The fourth-order valence-electron chi connectivity index (χ4n) is 5.78. The van der Waals surface area contributed by atoms with Crippen molar-refractivity contribution in [3.05, 3.63) is 112 Å². The number of hydrogen-bond acceptors (Lipinski definition) is 3. The molecule has 1 aliphatic carbocycles. The van der Waals surface area contributed by atoms with Gasteiger partial charge in [0.15, 0.2) is 0 Å². The molecule has 2 unspecified atom stereocenters. The summed E-state index contributed by atoms with van der Waals surface area (Å²) < 4.78 is 29.8. The number of pyridine rings is 1. The molecule has 0 bridgehead atoms. The Morgan fingerprint density at radius 2 is 1.71 bits per heavy atom. The van der Waals surface area contributed by atoms with E-state index >= 15 is 0 Å². The van der Waals surface area contributed by atoms with Crippen LogP contribution in [0.5, 0.6) is 0 Å². The Morgan fingerprint density at radius 1 is 1.00 bits per heavy atom. The number of hydrogen-bond donors (Lipinski definition) is 1. The number of benzene rings is 2. The third-order valence-electron chi connectivity index (χ3n) is 8.60. The van der Waals surface area contributed by atoms with Crippen LogP contribution in [-0.4, -0.2) is 16.8 Å². The molecule has 1 saturated carbocycles. The standard InChI is InChI=1S/C35H39F2N3O/c1-4-25-10-7-21-38-34(28-15-20-32(41)40(3)23-28)33(25)27-13-18-30(19-14-27)39-31(26-8-6-9-26)22-24-11-16-29(17-12-24)35(36,37)5-2/h7,10-21,23,25-26,31,39H,4-6,8-9,22H2,1-3H3. The van der Waals surface area contributed by atoms with Gasteiger partial charge in [-0.05, 0) is 72.6 Å². The molecule has 5 rings (SSSR count). The van der Waals surface area contributed by atoms with Gasteiger partial charge in [-0.15, -0.1) is 0 Å². The number of nitrogens with zero attached hydrogens (tertiary/aromatic N) is 2. The van der Waals surface area contributed by atoms with Gasteiger partial charge in [-0.25, -0.2) is 8.78 Å². The number of halogens is 2. The highest BCUT2D eigenvalue weighted by Gasteiger charge is 2.30. The van der Waals surface area contributed by atoms with Crippen molar-refractivity contribution >= 4 is 23.2 Å². The average molecular weight is 556 g/mol. The van der Waals surface area contributed by atoms with Gasteiger partial charge in [0, 0.05) is 60.7 Å². The lowest BCUT2D eigenvalue weighted by molar-refractivity contribution is -0.00829. The summed E-state index contributed by atoms with van der Waals surface area (Å²) in [5.74, 6) is -2.03. The van der Waals surface area contributed by atoms with Crippen molar-refractivity contribution < 1.29 is 8.78 Å². The van der Waals surface area contributed by atoms with E-state index in [0.717, 1.165) is 46.5 Å².